The molecule has 1 aromatic rings. The second-order valence-electron chi connectivity index (χ2n) is 7.00. The summed E-state index contributed by atoms with van der Waals surface area (Å²) in [7, 11) is 0. The van der Waals surface area contributed by atoms with Crippen LogP contribution in [0.1, 0.15) is 62.6 Å². The van der Waals surface area contributed by atoms with Gasteiger partial charge in [-0.1, -0.05) is 42.7 Å². The Balaban J connectivity index is 1.85. The molecule has 0 aromatic heterocycles. The van der Waals surface area contributed by atoms with Crippen molar-refractivity contribution >= 4 is 12.0 Å². The summed E-state index contributed by atoms with van der Waals surface area (Å²) in [5.41, 5.74) is 3.03. The standard InChI is InChI=1S/C20H26N2O3/c1-13-8-7-9-15(12-13)18-17(14(2)21-20(24)22-18)19(23)25-16-10-5-3-4-6-11-16/h7-9,12,16,18H,3-6,10-11H2,1-2H3,(H2,21,22,24). The van der Waals surface area contributed by atoms with E-state index in [0.717, 1.165) is 36.8 Å². The van der Waals surface area contributed by atoms with Crippen LogP contribution in [0.5, 0.6) is 0 Å². The topological polar surface area (TPSA) is 67.4 Å². The number of rotatable bonds is 3. The first-order chi connectivity index (χ1) is 12.0. The van der Waals surface area contributed by atoms with Crippen molar-refractivity contribution < 1.29 is 14.3 Å². The molecule has 1 aliphatic carbocycles. The Morgan fingerprint density at radius 3 is 2.52 bits per heavy atom. The summed E-state index contributed by atoms with van der Waals surface area (Å²) < 4.78 is 5.81. The molecule has 2 N–H and O–H groups in total. The lowest BCUT2D eigenvalue weighted by Gasteiger charge is -2.29. The quantitative estimate of drug-likeness (QED) is 0.647. The molecular formula is C20H26N2O3. The molecule has 1 saturated carbocycles. The van der Waals surface area contributed by atoms with Crippen LogP contribution < -0.4 is 10.6 Å². The number of hydrogen-bond donors (Lipinski definition) is 2. The summed E-state index contributed by atoms with van der Waals surface area (Å²) in [5.74, 6) is -0.330. The van der Waals surface area contributed by atoms with Gasteiger partial charge in [-0.15, -0.1) is 0 Å². The lowest BCUT2D eigenvalue weighted by atomic mass is 9.94. The third kappa shape index (κ3) is 4.21. The number of allylic oxidation sites excluding steroid dienone is 1. The van der Waals surface area contributed by atoms with E-state index in [1.807, 2.05) is 31.2 Å². The second kappa shape index (κ2) is 7.72. The average Bonchev–Trinajstić information content (AvgIpc) is 2.82. The summed E-state index contributed by atoms with van der Waals surface area (Å²) in [4.78, 5) is 24.8. The summed E-state index contributed by atoms with van der Waals surface area (Å²) in [5, 5.41) is 5.57. The Labute approximate surface area is 148 Å². The highest BCUT2D eigenvalue weighted by Gasteiger charge is 2.33. The fourth-order valence-corrected chi connectivity index (χ4v) is 3.64. The minimum absolute atomic E-state index is 0.0221. The Morgan fingerprint density at radius 2 is 1.84 bits per heavy atom. The predicted octanol–water partition coefficient (Wildman–Crippen LogP) is 3.89. The molecule has 5 heteroatoms. The Morgan fingerprint density at radius 1 is 1.12 bits per heavy atom. The van der Waals surface area contributed by atoms with Gasteiger partial charge in [0.15, 0.2) is 0 Å². The van der Waals surface area contributed by atoms with Crippen molar-refractivity contribution in [2.75, 3.05) is 0 Å². The van der Waals surface area contributed by atoms with Gasteiger partial charge in [0.05, 0.1) is 11.6 Å². The first-order valence-corrected chi connectivity index (χ1v) is 9.10. The fraction of sp³-hybridized carbons (Fsp3) is 0.500. The highest BCUT2D eigenvalue weighted by Crippen LogP contribution is 2.29. The van der Waals surface area contributed by atoms with E-state index in [1.165, 1.54) is 12.8 Å². The second-order valence-corrected chi connectivity index (χ2v) is 7.00. The van der Waals surface area contributed by atoms with Crippen LogP contribution in [-0.2, 0) is 9.53 Å². The van der Waals surface area contributed by atoms with Crippen LogP contribution in [0.2, 0.25) is 0 Å². The number of esters is 1. The molecule has 0 bridgehead atoms. The molecule has 1 heterocycles. The normalized spacial score (nSPS) is 22.0. The molecule has 0 radical (unpaired) electrons. The largest absolute Gasteiger partial charge is 0.459 e. The first kappa shape index (κ1) is 17.5. The maximum Gasteiger partial charge on any atom is 0.338 e. The zero-order chi connectivity index (χ0) is 17.8. The van der Waals surface area contributed by atoms with Gasteiger partial charge < -0.3 is 15.4 Å². The van der Waals surface area contributed by atoms with E-state index in [9.17, 15) is 9.59 Å². The van der Waals surface area contributed by atoms with E-state index in [1.54, 1.807) is 6.92 Å². The highest BCUT2D eigenvalue weighted by atomic mass is 16.5. The molecule has 1 fully saturated rings. The van der Waals surface area contributed by atoms with Crippen molar-refractivity contribution in [1.29, 1.82) is 0 Å². The van der Waals surface area contributed by atoms with Crippen LogP contribution in [0.15, 0.2) is 35.5 Å². The summed E-state index contributed by atoms with van der Waals surface area (Å²) in [6, 6.07) is 7.06. The predicted molar refractivity (Wildman–Crippen MR) is 95.9 cm³/mol. The van der Waals surface area contributed by atoms with Crippen molar-refractivity contribution in [3.05, 3.63) is 46.7 Å². The molecule has 0 saturated heterocycles. The van der Waals surface area contributed by atoms with Gasteiger partial charge in [0, 0.05) is 5.70 Å². The van der Waals surface area contributed by atoms with Gasteiger partial charge in [-0.2, -0.15) is 0 Å². The molecular weight excluding hydrogens is 316 g/mol. The molecule has 134 valence electrons. The molecule has 1 unspecified atom stereocenters. The van der Waals surface area contributed by atoms with Crippen LogP contribution in [0.3, 0.4) is 0 Å². The number of aryl methyl sites for hydroxylation is 1. The maximum absolute atomic E-state index is 12.9. The van der Waals surface area contributed by atoms with E-state index in [2.05, 4.69) is 10.6 Å². The maximum atomic E-state index is 12.9. The number of hydrogen-bond acceptors (Lipinski definition) is 3. The third-order valence-corrected chi connectivity index (χ3v) is 4.94. The molecule has 0 spiro atoms. The Hall–Kier alpha value is -2.30. The van der Waals surface area contributed by atoms with Crippen LogP contribution >= 0.6 is 0 Å². The Bertz CT molecular complexity index is 688. The first-order valence-electron chi connectivity index (χ1n) is 9.10. The van der Waals surface area contributed by atoms with Crippen molar-refractivity contribution in [3.8, 4) is 0 Å². The number of ether oxygens (including phenoxy) is 1. The number of benzene rings is 1. The number of nitrogens with one attached hydrogen (secondary N) is 2. The van der Waals surface area contributed by atoms with Gasteiger partial charge in [-0.25, -0.2) is 9.59 Å². The molecule has 1 aromatic carbocycles. The summed E-state index contributed by atoms with van der Waals surface area (Å²) in [6.07, 6.45) is 6.45. The van der Waals surface area contributed by atoms with Gasteiger partial charge in [0.1, 0.15) is 6.10 Å². The van der Waals surface area contributed by atoms with Crippen LogP contribution in [0.4, 0.5) is 4.79 Å². The van der Waals surface area contributed by atoms with Gasteiger partial charge in [-0.3, -0.25) is 0 Å². The molecule has 5 nitrogen and oxygen atoms in total. The van der Waals surface area contributed by atoms with E-state index in [4.69, 9.17) is 4.74 Å². The third-order valence-electron chi connectivity index (χ3n) is 4.94. The molecule has 25 heavy (non-hydrogen) atoms. The molecule has 2 amide bonds. The van der Waals surface area contributed by atoms with E-state index >= 15 is 0 Å². The van der Waals surface area contributed by atoms with Gasteiger partial charge >= 0.3 is 12.0 Å². The zero-order valence-electron chi connectivity index (χ0n) is 14.9. The number of carbonyl (C=O) groups excluding carboxylic acids is 2. The van der Waals surface area contributed by atoms with Crippen molar-refractivity contribution in [3.63, 3.8) is 0 Å². The smallest absolute Gasteiger partial charge is 0.338 e. The van der Waals surface area contributed by atoms with Gasteiger partial charge in [0.25, 0.3) is 0 Å². The minimum atomic E-state index is -0.480. The Kier molecular flexibility index (Phi) is 5.41. The molecule has 1 atom stereocenters. The highest BCUT2D eigenvalue weighted by molar-refractivity contribution is 5.95. The molecule has 2 aliphatic rings. The average molecular weight is 342 g/mol. The van der Waals surface area contributed by atoms with Crippen LogP contribution in [0, 0.1) is 6.92 Å². The van der Waals surface area contributed by atoms with E-state index in [0.29, 0.717) is 11.3 Å². The molecule has 3 rings (SSSR count). The lowest BCUT2D eigenvalue weighted by molar-refractivity contribution is -0.145. The zero-order valence-corrected chi connectivity index (χ0v) is 14.9. The summed E-state index contributed by atoms with van der Waals surface area (Å²) in [6.45, 7) is 3.75. The van der Waals surface area contributed by atoms with Crippen LogP contribution in [-0.4, -0.2) is 18.1 Å². The van der Waals surface area contributed by atoms with Crippen LogP contribution in [0.25, 0.3) is 0 Å². The fourth-order valence-electron chi connectivity index (χ4n) is 3.64. The number of carbonyl (C=O) groups is 2. The summed E-state index contributed by atoms with van der Waals surface area (Å²) >= 11 is 0. The van der Waals surface area contributed by atoms with E-state index in [-0.39, 0.29) is 18.1 Å². The van der Waals surface area contributed by atoms with Gasteiger partial charge in [0.2, 0.25) is 0 Å². The lowest BCUT2D eigenvalue weighted by Crippen LogP contribution is -2.45. The monoisotopic (exact) mass is 342 g/mol. The minimum Gasteiger partial charge on any atom is -0.459 e. The molecule has 1 aliphatic heterocycles. The SMILES string of the molecule is CC1=C(C(=O)OC2CCCCCC2)C(c2cccc(C)c2)NC(=O)N1. The number of amides is 2. The van der Waals surface area contributed by atoms with E-state index < -0.39 is 6.04 Å². The van der Waals surface area contributed by atoms with Gasteiger partial charge in [-0.05, 0) is 45.1 Å². The van der Waals surface area contributed by atoms with Crippen molar-refractivity contribution in [2.45, 2.75) is 64.5 Å². The number of urea groups is 1. The van der Waals surface area contributed by atoms with Crippen molar-refractivity contribution in [1.82, 2.24) is 10.6 Å². The van der Waals surface area contributed by atoms with Crippen molar-refractivity contribution in [2.24, 2.45) is 0 Å².